The van der Waals surface area contributed by atoms with E-state index in [1.54, 1.807) is 12.1 Å². The molecule has 0 saturated carbocycles. The lowest BCUT2D eigenvalue weighted by molar-refractivity contribution is 0.0697. The maximum Gasteiger partial charge on any atom is 0.338 e. The highest BCUT2D eigenvalue weighted by Crippen LogP contribution is 2.25. The second kappa shape index (κ2) is 6.64. The van der Waals surface area contributed by atoms with Gasteiger partial charge in [0.15, 0.2) is 0 Å². The van der Waals surface area contributed by atoms with Crippen LogP contribution < -0.4 is 5.32 Å². The van der Waals surface area contributed by atoms with Crippen LogP contribution in [0.1, 0.15) is 37.0 Å². The molecular formula is C13H18BrNO2. The molecule has 0 bridgehead atoms. The number of benzene rings is 1. The molecule has 0 spiro atoms. The van der Waals surface area contributed by atoms with Crippen molar-refractivity contribution in [3.8, 4) is 0 Å². The predicted molar refractivity (Wildman–Crippen MR) is 73.7 cm³/mol. The van der Waals surface area contributed by atoms with Crippen LogP contribution in [0.5, 0.6) is 0 Å². The fraction of sp³-hybridized carbons (Fsp3) is 0.462. The molecule has 1 rings (SSSR count). The molecule has 1 aromatic rings. The van der Waals surface area contributed by atoms with Crippen LogP contribution in [0, 0.1) is 5.92 Å². The topological polar surface area (TPSA) is 49.3 Å². The summed E-state index contributed by atoms with van der Waals surface area (Å²) in [6.07, 6.45) is 2.19. The molecule has 0 amide bonds. The third-order valence-electron chi connectivity index (χ3n) is 2.96. The van der Waals surface area contributed by atoms with Gasteiger partial charge in [-0.1, -0.05) is 32.8 Å². The molecule has 0 fully saturated rings. The van der Waals surface area contributed by atoms with Crippen LogP contribution in [0.3, 0.4) is 0 Å². The summed E-state index contributed by atoms with van der Waals surface area (Å²) in [6, 6.07) is 5.38. The minimum atomic E-state index is -0.912. The van der Waals surface area contributed by atoms with Crippen LogP contribution in [-0.4, -0.2) is 17.6 Å². The maximum atomic E-state index is 11.2. The quantitative estimate of drug-likeness (QED) is 0.835. The fourth-order valence-corrected chi connectivity index (χ4v) is 2.26. The normalized spacial score (nSPS) is 10.6. The summed E-state index contributed by atoms with van der Waals surface area (Å²) in [5, 5.41) is 12.4. The number of hydrogen-bond donors (Lipinski definition) is 2. The Labute approximate surface area is 110 Å². The van der Waals surface area contributed by atoms with Crippen molar-refractivity contribution < 1.29 is 9.90 Å². The highest BCUT2D eigenvalue weighted by molar-refractivity contribution is 9.10. The Kier molecular flexibility index (Phi) is 5.48. The Hall–Kier alpha value is -1.03. The first-order valence-corrected chi connectivity index (χ1v) is 6.65. The summed E-state index contributed by atoms with van der Waals surface area (Å²) in [6.45, 7) is 5.10. The van der Waals surface area contributed by atoms with E-state index in [9.17, 15) is 4.79 Å². The first-order valence-electron chi connectivity index (χ1n) is 5.85. The Balaban J connectivity index is 2.84. The van der Waals surface area contributed by atoms with E-state index in [0.29, 0.717) is 21.6 Å². The van der Waals surface area contributed by atoms with Crippen molar-refractivity contribution in [2.75, 3.05) is 11.9 Å². The van der Waals surface area contributed by atoms with E-state index in [2.05, 4.69) is 35.1 Å². The minimum Gasteiger partial charge on any atom is -0.478 e. The van der Waals surface area contributed by atoms with Gasteiger partial charge in [0.25, 0.3) is 0 Å². The van der Waals surface area contributed by atoms with E-state index in [1.807, 2.05) is 6.07 Å². The van der Waals surface area contributed by atoms with Gasteiger partial charge in [0.2, 0.25) is 0 Å². The van der Waals surface area contributed by atoms with Gasteiger partial charge < -0.3 is 10.4 Å². The molecular weight excluding hydrogens is 282 g/mol. The van der Waals surface area contributed by atoms with Crippen molar-refractivity contribution in [1.82, 2.24) is 0 Å². The maximum absolute atomic E-state index is 11.2. The van der Waals surface area contributed by atoms with Gasteiger partial charge in [0.05, 0.1) is 5.56 Å². The third kappa shape index (κ3) is 3.73. The highest BCUT2D eigenvalue weighted by Gasteiger charge is 2.14. The van der Waals surface area contributed by atoms with Gasteiger partial charge in [0.1, 0.15) is 0 Å². The van der Waals surface area contributed by atoms with Crippen molar-refractivity contribution >= 4 is 27.6 Å². The third-order valence-corrected chi connectivity index (χ3v) is 3.62. The molecule has 3 nitrogen and oxygen atoms in total. The molecule has 0 aliphatic heterocycles. The van der Waals surface area contributed by atoms with Gasteiger partial charge in [-0.25, -0.2) is 4.79 Å². The Morgan fingerprint density at radius 3 is 2.59 bits per heavy atom. The minimum absolute atomic E-state index is 0.304. The second-order valence-corrected chi connectivity index (χ2v) is 4.89. The summed E-state index contributed by atoms with van der Waals surface area (Å²) >= 11 is 3.27. The lowest BCUT2D eigenvalue weighted by Gasteiger charge is -2.16. The number of hydrogen-bond acceptors (Lipinski definition) is 2. The van der Waals surface area contributed by atoms with Gasteiger partial charge in [-0.2, -0.15) is 0 Å². The summed E-state index contributed by atoms with van der Waals surface area (Å²) < 4.78 is 0.611. The average Bonchev–Trinajstić information content (AvgIpc) is 2.29. The molecule has 1 aromatic carbocycles. The van der Waals surface area contributed by atoms with Crippen molar-refractivity contribution in [1.29, 1.82) is 0 Å². The van der Waals surface area contributed by atoms with E-state index in [0.717, 1.165) is 19.4 Å². The molecule has 0 aliphatic rings. The van der Waals surface area contributed by atoms with Gasteiger partial charge >= 0.3 is 5.97 Å². The van der Waals surface area contributed by atoms with Crippen LogP contribution in [0.4, 0.5) is 5.69 Å². The molecule has 0 aromatic heterocycles. The predicted octanol–water partition coefficient (Wildman–Crippen LogP) is 4.00. The van der Waals surface area contributed by atoms with E-state index in [-0.39, 0.29) is 0 Å². The fourth-order valence-electron chi connectivity index (χ4n) is 1.72. The first kappa shape index (κ1) is 14.0. The zero-order valence-corrected chi connectivity index (χ0v) is 11.8. The number of carbonyl (C=O) groups is 1. The van der Waals surface area contributed by atoms with Gasteiger partial charge in [-0.3, -0.25) is 0 Å². The van der Waals surface area contributed by atoms with E-state index in [4.69, 9.17) is 5.11 Å². The summed E-state index contributed by atoms with van der Waals surface area (Å²) in [5.74, 6) is -0.333. The van der Waals surface area contributed by atoms with Crippen LogP contribution in [0.2, 0.25) is 0 Å². The van der Waals surface area contributed by atoms with Gasteiger partial charge in [-0.15, -0.1) is 0 Å². The number of aromatic carboxylic acids is 1. The van der Waals surface area contributed by atoms with E-state index >= 15 is 0 Å². The zero-order chi connectivity index (χ0) is 12.8. The summed E-state index contributed by atoms with van der Waals surface area (Å²) in [4.78, 5) is 11.2. The molecule has 0 radical (unpaired) electrons. The van der Waals surface area contributed by atoms with Crippen LogP contribution in [-0.2, 0) is 0 Å². The summed E-state index contributed by atoms with van der Waals surface area (Å²) in [5.41, 5.74) is 0.984. The van der Waals surface area contributed by atoms with Gasteiger partial charge in [0, 0.05) is 16.7 Å². The number of anilines is 1. The lowest BCUT2D eigenvalue weighted by atomic mass is 10.0. The van der Waals surface area contributed by atoms with Crippen LogP contribution in [0.15, 0.2) is 22.7 Å². The molecule has 17 heavy (non-hydrogen) atoms. The number of halogens is 1. The monoisotopic (exact) mass is 299 g/mol. The SMILES string of the molecule is CCC(CC)CNc1cccc(Br)c1C(=O)O. The molecule has 94 valence electrons. The molecule has 4 heteroatoms. The smallest absolute Gasteiger partial charge is 0.338 e. The lowest BCUT2D eigenvalue weighted by Crippen LogP contribution is -2.15. The van der Waals surface area contributed by atoms with Crippen molar-refractivity contribution in [3.05, 3.63) is 28.2 Å². The van der Waals surface area contributed by atoms with E-state index in [1.165, 1.54) is 0 Å². The molecule has 0 aliphatic carbocycles. The van der Waals surface area contributed by atoms with Crippen molar-refractivity contribution in [2.24, 2.45) is 5.92 Å². The molecule has 0 atom stereocenters. The van der Waals surface area contributed by atoms with Crippen LogP contribution >= 0.6 is 15.9 Å². The number of carboxylic acid groups (broad SMARTS) is 1. The molecule has 0 heterocycles. The zero-order valence-electron chi connectivity index (χ0n) is 10.2. The van der Waals surface area contributed by atoms with E-state index < -0.39 is 5.97 Å². The first-order chi connectivity index (χ1) is 8.10. The Morgan fingerprint density at radius 1 is 1.41 bits per heavy atom. The molecule has 0 unspecified atom stereocenters. The molecule has 0 saturated heterocycles. The standard InChI is InChI=1S/C13H18BrNO2/c1-3-9(4-2)8-15-11-7-5-6-10(14)12(11)13(16)17/h5-7,9,15H,3-4,8H2,1-2H3,(H,16,17). The largest absolute Gasteiger partial charge is 0.478 e. The van der Waals surface area contributed by atoms with Crippen molar-refractivity contribution in [3.63, 3.8) is 0 Å². The number of nitrogens with one attached hydrogen (secondary N) is 1. The average molecular weight is 300 g/mol. The number of carboxylic acids is 1. The highest BCUT2D eigenvalue weighted by atomic mass is 79.9. The van der Waals surface area contributed by atoms with Crippen LogP contribution in [0.25, 0.3) is 0 Å². The summed E-state index contributed by atoms with van der Waals surface area (Å²) in [7, 11) is 0. The Morgan fingerprint density at radius 2 is 2.06 bits per heavy atom. The second-order valence-electron chi connectivity index (χ2n) is 4.03. The number of rotatable bonds is 6. The Bertz CT molecular complexity index is 389. The van der Waals surface area contributed by atoms with Crippen molar-refractivity contribution in [2.45, 2.75) is 26.7 Å². The molecule has 2 N–H and O–H groups in total. The van der Waals surface area contributed by atoms with Gasteiger partial charge in [-0.05, 0) is 34.0 Å².